The van der Waals surface area contributed by atoms with E-state index in [-0.39, 0.29) is 18.4 Å². The maximum Gasteiger partial charge on any atom is 0.247 e. The second-order valence-corrected chi connectivity index (χ2v) is 7.23. The van der Waals surface area contributed by atoms with Crippen molar-refractivity contribution in [3.05, 3.63) is 89.9 Å². The first-order valence-corrected chi connectivity index (χ1v) is 10.4. The van der Waals surface area contributed by atoms with Gasteiger partial charge in [-0.1, -0.05) is 49.4 Å². The van der Waals surface area contributed by atoms with E-state index in [1.54, 1.807) is 30.4 Å². The summed E-state index contributed by atoms with van der Waals surface area (Å²) in [5, 5.41) is 2.92. The van der Waals surface area contributed by atoms with Crippen molar-refractivity contribution in [2.75, 3.05) is 7.11 Å². The van der Waals surface area contributed by atoms with Crippen LogP contribution in [-0.4, -0.2) is 23.8 Å². The number of carbonyl (C=O) groups excluding carboxylic acids is 2. The Morgan fingerprint density at radius 2 is 1.77 bits per heavy atom. The zero-order chi connectivity index (χ0) is 22.1. The number of rotatable bonds is 10. The standard InChI is InChI=1S/C25H28N2O4/c1-3-8-23(28)27(18-19-12-14-21(30-2)15-13-19)24(20-9-5-4-6-10-20)25(29)26-17-22-11-7-16-31-22/h4-7,9-16,24H,3,8,17-18H2,1-2H3,(H,26,29). The van der Waals surface area contributed by atoms with Gasteiger partial charge in [0.05, 0.1) is 19.9 Å². The predicted octanol–water partition coefficient (Wildman–Crippen LogP) is 4.47. The van der Waals surface area contributed by atoms with E-state index in [2.05, 4.69) is 5.32 Å². The van der Waals surface area contributed by atoms with Gasteiger partial charge in [0, 0.05) is 13.0 Å². The average molecular weight is 421 g/mol. The molecule has 0 saturated heterocycles. The van der Waals surface area contributed by atoms with Crippen molar-refractivity contribution >= 4 is 11.8 Å². The van der Waals surface area contributed by atoms with Gasteiger partial charge in [-0.2, -0.15) is 0 Å². The minimum Gasteiger partial charge on any atom is -0.497 e. The maximum atomic E-state index is 13.3. The number of nitrogens with one attached hydrogen (secondary N) is 1. The van der Waals surface area contributed by atoms with E-state index in [0.29, 0.717) is 25.1 Å². The fourth-order valence-electron chi connectivity index (χ4n) is 3.40. The molecule has 1 heterocycles. The van der Waals surface area contributed by atoms with Crippen LogP contribution in [0.25, 0.3) is 0 Å². The molecule has 1 N–H and O–H groups in total. The molecule has 0 aliphatic heterocycles. The van der Waals surface area contributed by atoms with E-state index in [0.717, 1.165) is 16.9 Å². The summed E-state index contributed by atoms with van der Waals surface area (Å²) in [6.07, 6.45) is 2.63. The first-order chi connectivity index (χ1) is 15.1. The summed E-state index contributed by atoms with van der Waals surface area (Å²) in [4.78, 5) is 28.1. The zero-order valence-electron chi connectivity index (χ0n) is 17.9. The number of benzene rings is 2. The van der Waals surface area contributed by atoms with Crippen LogP contribution in [0.3, 0.4) is 0 Å². The molecular formula is C25H28N2O4. The second kappa shape index (κ2) is 11.0. The molecule has 31 heavy (non-hydrogen) atoms. The SMILES string of the molecule is CCCC(=O)N(Cc1ccc(OC)cc1)C(C(=O)NCc1ccco1)c1ccccc1. The van der Waals surface area contributed by atoms with Gasteiger partial charge in [0.1, 0.15) is 17.6 Å². The fraction of sp³-hybridized carbons (Fsp3) is 0.280. The van der Waals surface area contributed by atoms with Gasteiger partial charge in [0.15, 0.2) is 0 Å². The lowest BCUT2D eigenvalue weighted by Gasteiger charge is -2.31. The van der Waals surface area contributed by atoms with E-state index < -0.39 is 6.04 Å². The summed E-state index contributed by atoms with van der Waals surface area (Å²) in [7, 11) is 1.61. The summed E-state index contributed by atoms with van der Waals surface area (Å²) in [6, 6.07) is 19.7. The molecule has 2 aromatic carbocycles. The zero-order valence-corrected chi connectivity index (χ0v) is 17.9. The van der Waals surface area contributed by atoms with Crippen LogP contribution in [0.4, 0.5) is 0 Å². The lowest BCUT2D eigenvalue weighted by atomic mass is 10.0. The molecule has 2 amide bonds. The normalized spacial score (nSPS) is 11.5. The molecule has 0 radical (unpaired) electrons. The third-order valence-electron chi connectivity index (χ3n) is 4.99. The molecule has 0 aliphatic carbocycles. The highest BCUT2D eigenvalue weighted by Crippen LogP contribution is 2.26. The van der Waals surface area contributed by atoms with Crippen LogP contribution in [0, 0.1) is 0 Å². The van der Waals surface area contributed by atoms with Gasteiger partial charge >= 0.3 is 0 Å². The van der Waals surface area contributed by atoms with Gasteiger partial charge in [-0.15, -0.1) is 0 Å². The largest absolute Gasteiger partial charge is 0.497 e. The van der Waals surface area contributed by atoms with Crippen molar-refractivity contribution in [1.82, 2.24) is 10.2 Å². The van der Waals surface area contributed by atoms with Crippen molar-refractivity contribution in [2.24, 2.45) is 0 Å². The van der Waals surface area contributed by atoms with Crippen molar-refractivity contribution in [3.63, 3.8) is 0 Å². The Hall–Kier alpha value is -3.54. The van der Waals surface area contributed by atoms with Gasteiger partial charge in [0.2, 0.25) is 11.8 Å². The van der Waals surface area contributed by atoms with Crippen molar-refractivity contribution in [1.29, 1.82) is 0 Å². The molecule has 1 atom stereocenters. The van der Waals surface area contributed by atoms with Crippen LogP contribution in [0.2, 0.25) is 0 Å². The van der Waals surface area contributed by atoms with Gasteiger partial charge in [-0.25, -0.2) is 0 Å². The number of hydrogen-bond donors (Lipinski definition) is 1. The van der Waals surface area contributed by atoms with Crippen LogP contribution in [0.15, 0.2) is 77.4 Å². The number of nitrogens with zero attached hydrogens (tertiary/aromatic N) is 1. The van der Waals surface area contributed by atoms with Crippen LogP contribution in [0.1, 0.15) is 42.7 Å². The lowest BCUT2D eigenvalue weighted by molar-refractivity contribution is -0.141. The molecule has 3 aromatic rings. The van der Waals surface area contributed by atoms with Crippen molar-refractivity contribution in [3.8, 4) is 5.75 Å². The minimum atomic E-state index is -0.752. The Bertz CT molecular complexity index is 953. The Morgan fingerprint density at radius 3 is 2.39 bits per heavy atom. The molecule has 0 spiro atoms. The molecule has 0 saturated carbocycles. The maximum absolute atomic E-state index is 13.3. The average Bonchev–Trinajstić information content (AvgIpc) is 3.32. The molecule has 1 unspecified atom stereocenters. The molecule has 0 fully saturated rings. The minimum absolute atomic E-state index is 0.0691. The molecule has 162 valence electrons. The number of methoxy groups -OCH3 is 1. The summed E-state index contributed by atoms with van der Waals surface area (Å²) in [5.41, 5.74) is 1.68. The number of amides is 2. The molecule has 0 aliphatic rings. The molecular weight excluding hydrogens is 392 g/mol. The van der Waals surface area contributed by atoms with Gasteiger partial charge in [0.25, 0.3) is 0 Å². The first kappa shape index (κ1) is 22.2. The summed E-state index contributed by atoms with van der Waals surface area (Å²) >= 11 is 0. The highest BCUT2D eigenvalue weighted by molar-refractivity contribution is 5.88. The van der Waals surface area contributed by atoms with E-state index in [4.69, 9.17) is 9.15 Å². The van der Waals surface area contributed by atoms with Crippen molar-refractivity contribution < 1.29 is 18.7 Å². The quantitative estimate of drug-likeness (QED) is 0.525. The van der Waals surface area contributed by atoms with E-state index >= 15 is 0 Å². The fourth-order valence-corrected chi connectivity index (χ4v) is 3.40. The number of hydrogen-bond acceptors (Lipinski definition) is 4. The van der Waals surface area contributed by atoms with Crippen LogP contribution < -0.4 is 10.1 Å². The molecule has 6 nitrogen and oxygen atoms in total. The number of ether oxygens (including phenoxy) is 1. The Labute approximate surface area is 182 Å². The highest BCUT2D eigenvalue weighted by Gasteiger charge is 2.31. The van der Waals surface area contributed by atoms with Crippen LogP contribution in [0.5, 0.6) is 5.75 Å². The summed E-state index contributed by atoms with van der Waals surface area (Å²) in [6.45, 7) is 2.53. The van der Waals surface area contributed by atoms with E-state index in [1.165, 1.54) is 0 Å². The molecule has 1 aromatic heterocycles. The number of furan rings is 1. The molecule has 3 rings (SSSR count). The lowest BCUT2D eigenvalue weighted by Crippen LogP contribution is -2.43. The Kier molecular flexibility index (Phi) is 7.87. The van der Waals surface area contributed by atoms with Gasteiger partial charge < -0.3 is 19.4 Å². The molecule has 0 bridgehead atoms. The topological polar surface area (TPSA) is 71.8 Å². The third-order valence-corrected chi connectivity index (χ3v) is 4.99. The Balaban J connectivity index is 1.90. The highest BCUT2D eigenvalue weighted by atomic mass is 16.5. The second-order valence-electron chi connectivity index (χ2n) is 7.23. The first-order valence-electron chi connectivity index (χ1n) is 10.4. The third kappa shape index (κ3) is 5.98. The van der Waals surface area contributed by atoms with Crippen molar-refractivity contribution in [2.45, 2.75) is 38.9 Å². The molecule has 6 heteroatoms. The van der Waals surface area contributed by atoms with E-state index in [9.17, 15) is 9.59 Å². The van der Waals surface area contributed by atoms with Gasteiger partial charge in [-0.05, 0) is 41.8 Å². The predicted molar refractivity (Wildman–Crippen MR) is 118 cm³/mol. The Morgan fingerprint density at radius 1 is 1.03 bits per heavy atom. The van der Waals surface area contributed by atoms with E-state index in [1.807, 2.05) is 61.5 Å². The summed E-state index contributed by atoms with van der Waals surface area (Å²) in [5.74, 6) is 1.08. The van der Waals surface area contributed by atoms with Crippen LogP contribution >= 0.6 is 0 Å². The van der Waals surface area contributed by atoms with Crippen LogP contribution in [-0.2, 0) is 22.7 Å². The monoisotopic (exact) mass is 420 g/mol. The summed E-state index contributed by atoms with van der Waals surface area (Å²) < 4.78 is 10.6. The smallest absolute Gasteiger partial charge is 0.247 e. The van der Waals surface area contributed by atoms with Gasteiger partial charge in [-0.3, -0.25) is 9.59 Å². The number of carbonyl (C=O) groups is 2.